The summed E-state index contributed by atoms with van der Waals surface area (Å²) in [4.78, 5) is 10.9. The Kier molecular flexibility index (Phi) is 2.23. The van der Waals surface area contributed by atoms with Gasteiger partial charge in [0, 0.05) is 0 Å². The minimum Gasteiger partial charge on any atom is -0.454 e. The number of hydrazine groups is 1. The van der Waals surface area contributed by atoms with E-state index in [4.69, 9.17) is 10.6 Å². The van der Waals surface area contributed by atoms with E-state index in [1.165, 1.54) is 5.56 Å². The van der Waals surface area contributed by atoms with Gasteiger partial charge in [0.25, 0.3) is 0 Å². The maximum absolute atomic E-state index is 10.9. The molecule has 0 aliphatic carbocycles. The summed E-state index contributed by atoms with van der Waals surface area (Å²) < 4.78 is 4.99. The van der Waals surface area contributed by atoms with Crippen LogP contribution in [-0.2, 0) is 9.53 Å². The number of carbonyl (C=O) groups is 1. The number of esters is 1. The van der Waals surface area contributed by atoms with E-state index in [0.717, 1.165) is 5.56 Å². The van der Waals surface area contributed by atoms with Crippen LogP contribution >= 0.6 is 0 Å². The number of cyclic esters (lactones) is 1. The number of ether oxygens (including phenoxy) is 1. The summed E-state index contributed by atoms with van der Waals surface area (Å²) in [7, 11) is 0. The molecule has 1 fully saturated rings. The van der Waals surface area contributed by atoms with Gasteiger partial charge in [0.2, 0.25) is 0 Å². The van der Waals surface area contributed by atoms with Crippen molar-refractivity contribution >= 4 is 5.97 Å². The number of hydrogen-bond donors (Lipinski definition) is 2. The minimum atomic E-state index is -0.405. The summed E-state index contributed by atoms with van der Waals surface area (Å²) >= 11 is 0. The molecule has 1 saturated heterocycles. The molecule has 0 bridgehead atoms. The summed E-state index contributed by atoms with van der Waals surface area (Å²) in [5.74, 6) is 4.94. The first-order chi connectivity index (χ1) is 6.72. The highest BCUT2D eigenvalue weighted by Gasteiger charge is 2.42. The molecule has 0 radical (unpaired) electrons. The van der Waals surface area contributed by atoms with Crippen LogP contribution in [0.1, 0.15) is 17.2 Å². The standard InChI is InChI=1S/C10H12N2O2/c1-6-2-4-7(5-3-6)9-8(12-11)10(13)14-9/h2-5,8-9,12H,11H2,1H3. The lowest BCUT2D eigenvalue weighted by molar-refractivity contribution is -0.178. The van der Waals surface area contributed by atoms with Gasteiger partial charge in [0.15, 0.2) is 12.1 Å². The van der Waals surface area contributed by atoms with Gasteiger partial charge in [-0.3, -0.25) is 10.6 Å². The van der Waals surface area contributed by atoms with E-state index >= 15 is 0 Å². The fourth-order valence-corrected chi connectivity index (χ4v) is 1.49. The van der Waals surface area contributed by atoms with Crippen LogP contribution in [0, 0.1) is 6.92 Å². The van der Waals surface area contributed by atoms with Crippen LogP contribution in [0.2, 0.25) is 0 Å². The third kappa shape index (κ3) is 1.38. The lowest BCUT2D eigenvalue weighted by atomic mass is 9.97. The first kappa shape index (κ1) is 9.18. The van der Waals surface area contributed by atoms with Crippen LogP contribution in [0.5, 0.6) is 0 Å². The van der Waals surface area contributed by atoms with E-state index in [1.807, 2.05) is 31.2 Å². The lowest BCUT2D eigenvalue weighted by Crippen LogP contribution is -2.55. The Morgan fingerprint density at radius 3 is 2.50 bits per heavy atom. The zero-order valence-electron chi connectivity index (χ0n) is 7.86. The van der Waals surface area contributed by atoms with Crippen molar-refractivity contribution in [3.05, 3.63) is 35.4 Å². The Hall–Kier alpha value is -1.39. The molecule has 74 valence electrons. The second-order valence-corrected chi connectivity index (χ2v) is 3.41. The Labute approximate surface area is 82.0 Å². The average Bonchev–Trinajstić information content (AvgIpc) is 2.16. The van der Waals surface area contributed by atoms with Crippen molar-refractivity contribution in [2.75, 3.05) is 0 Å². The Morgan fingerprint density at radius 2 is 2.00 bits per heavy atom. The molecule has 1 aromatic carbocycles. The summed E-state index contributed by atoms with van der Waals surface area (Å²) in [5.41, 5.74) is 4.59. The number of benzene rings is 1. The number of aryl methyl sites for hydroxylation is 1. The van der Waals surface area contributed by atoms with E-state index in [-0.39, 0.29) is 12.1 Å². The molecule has 1 aromatic rings. The molecule has 2 atom stereocenters. The van der Waals surface area contributed by atoms with Crippen molar-refractivity contribution in [3.63, 3.8) is 0 Å². The van der Waals surface area contributed by atoms with Crippen molar-refractivity contribution in [2.24, 2.45) is 5.84 Å². The van der Waals surface area contributed by atoms with Gasteiger partial charge in [-0.05, 0) is 12.5 Å². The molecular formula is C10H12N2O2. The average molecular weight is 192 g/mol. The highest BCUT2D eigenvalue weighted by atomic mass is 16.6. The molecular weight excluding hydrogens is 180 g/mol. The number of nitrogens with two attached hydrogens (primary N) is 1. The Balaban J connectivity index is 2.17. The molecule has 0 spiro atoms. The third-order valence-corrected chi connectivity index (χ3v) is 2.39. The molecule has 14 heavy (non-hydrogen) atoms. The number of carbonyl (C=O) groups excluding carboxylic acids is 1. The quantitative estimate of drug-likeness (QED) is 0.405. The predicted molar refractivity (Wildman–Crippen MR) is 51.1 cm³/mol. The third-order valence-electron chi connectivity index (χ3n) is 2.39. The molecule has 2 unspecified atom stereocenters. The number of nitrogens with one attached hydrogen (secondary N) is 1. The molecule has 0 saturated carbocycles. The van der Waals surface area contributed by atoms with E-state index in [0.29, 0.717) is 0 Å². The van der Waals surface area contributed by atoms with Crippen molar-refractivity contribution in [3.8, 4) is 0 Å². The summed E-state index contributed by atoms with van der Waals surface area (Å²) in [6.45, 7) is 2.01. The zero-order chi connectivity index (χ0) is 10.1. The van der Waals surface area contributed by atoms with Gasteiger partial charge < -0.3 is 4.74 Å². The molecule has 4 heteroatoms. The van der Waals surface area contributed by atoms with Crippen molar-refractivity contribution < 1.29 is 9.53 Å². The first-order valence-corrected chi connectivity index (χ1v) is 4.45. The fraction of sp³-hybridized carbons (Fsp3) is 0.300. The summed E-state index contributed by atoms with van der Waals surface area (Å²) in [5, 5.41) is 0. The smallest absolute Gasteiger partial charge is 0.329 e. The fourth-order valence-electron chi connectivity index (χ4n) is 1.49. The molecule has 0 amide bonds. The molecule has 1 aliphatic rings. The van der Waals surface area contributed by atoms with Crippen molar-refractivity contribution in [2.45, 2.75) is 19.1 Å². The van der Waals surface area contributed by atoms with Crippen LogP contribution in [-0.4, -0.2) is 12.0 Å². The van der Waals surface area contributed by atoms with Gasteiger partial charge >= 0.3 is 5.97 Å². The SMILES string of the molecule is Cc1ccc(C2OC(=O)C2NN)cc1. The first-order valence-electron chi connectivity index (χ1n) is 4.45. The zero-order valence-corrected chi connectivity index (χ0v) is 7.86. The highest BCUT2D eigenvalue weighted by molar-refractivity contribution is 5.82. The molecule has 0 aromatic heterocycles. The predicted octanol–water partition coefficient (Wildman–Crippen LogP) is 0.425. The molecule has 2 rings (SSSR count). The van der Waals surface area contributed by atoms with Gasteiger partial charge in [-0.2, -0.15) is 0 Å². The van der Waals surface area contributed by atoms with Gasteiger partial charge in [0.1, 0.15) is 0 Å². The van der Waals surface area contributed by atoms with E-state index in [9.17, 15) is 4.79 Å². The Morgan fingerprint density at radius 1 is 1.36 bits per heavy atom. The maximum Gasteiger partial charge on any atom is 0.329 e. The second-order valence-electron chi connectivity index (χ2n) is 3.41. The van der Waals surface area contributed by atoms with E-state index in [1.54, 1.807) is 0 Å². The number of hydrogen-bond acceptors (Lipinski definition) is 4. The topological polar surface area (TPSA) is 64.3 Å². The van der Waals surface area contributed by atoms with Gasteiger partial charge in [0.05, 0.1) is 0 Å². The highest BCUT2D eigenvalue weighted by Crippen LogP contribution is 2.30. The van der Waals surface area contributed by atoms with Crippen LogP contribution in [0.4, 0.5) is 0 Å². The van der Waals surface area contributed by atoms with Gasteiger partial charge in [-0.15, -0.1) is 0 Å². The van der Waals surface area contributed by atoms with Crippen LogP contribution in [0.15, 0.2) is 24.3 Å². The van der Waals surface area contributed by atoms with Crippen LogP contribution < -0.4 is 11.3 Å². The van der Waals surface area contributed by atoms with Crippen molar-refractivity contribution in [1.82, 2.24) is 5.43 Å². The van der Waals surface area contributed by atoms with Crippen LogP contribution in [0.25, 0.3) is 0 Å². The lowest BCUT2D eigenvalue weighted by Gasteiger charge is -2.34. The molecule has 4 nitrogen and oxygen atoms in total. The normalized spacial score (nSPS) is 25.4. The van der Waals surface area contributed by atoms with E-state index in [2.05, 4.69) is 5.43 Å². The van der Waals surface area contributed by atoms with Gasteiger partial charge in [-0.1, -0.05) is 29.8 Å². The Bertz CT molecular complexity index is 348. The summed E-state index contributed by atoms with van der Waals surface area (Å²) in [6.07, 6.45) is -0.243. The minimum absolute atomic E-state index is 0.243. The summed E-state index contributed by atoms with van der Waals surface area (Å²) in [6, 6.07) is 7.44. The maximum atomic E-state index is 10.9. The molecule has 1 heterocycles. The largest absolute Gasteiger partial charge is 0.454 e. The molecule has 3 N–H and O–H groups in total. The van der Waals surface area contributed by atoms with Crippen LogP contribution in [0.3, 0.4) is 0 Å². The van der Waals surface area contributed by atoms with Crippen molar-refractivity contribution in [1.29, 1.82) is 0 Å². The van der Waals surface area contributed by atoms with E-state index < -0.39 is 6.04 Å². The second kappa shape index (κ2) is 3.40. The number of rotatable bonds is 2. The monoisotopic (exact) mass is 192 g/mol. The van der Waals surface area contributed by atoms with Gasteiger partial charge in [-0.25, -0.2) is 5.43 Å². The molecule has 1 aliphatic heterocycles.